The molecule has 0 bridgehead atoms. The molecule has 3 rings (SSSR count). The van der Waals surface area contributed by atoms with Crippen molar-refractivity contribution < 1.29 is 4.74 Å². The molecule has 0 saturated heterocycles. The Kier molecular flexibility index (Phi) is 5.28. The number of rotatable bonds is 6. The largest absolute Gasteiger partial charge is 0.497 e. The number of anilines is 4. The minimum absolute atomic E-state index is 0.835. The highest BCUT2D eigenvalue weighted by Gasteiger charge is 2.13. The van der Waals surface area contributed by atoms with Gasteiger partial charge in [0.25, 0.3) is 0 Å². The fraction of sp³-hybridized carbons (Fsp3) is 0.130. The zero-order chi connectivity index (χ0) is 18.5. The first-order valence-corrected chi connectivity index (χ1v) is 8.58. The van der Waals surface area contributed by atoms with Crippen LogP contribution in [0.1, 0.15) is 6.92 Å². The Morgan fingerprint density at radius 2 is 1.35 bits per heavy atom. The minimum atomic E-state index is 0.835. The van der Waals surface area contributed by atoms with Gasteiger partial charge in [-0.15, -0.1) is 0 Å². The number of ether oxygens (including phenoxy) is 1. The summed E-state index contributed by atoms with van der Waals surface area (Å²) in [5, 5.41) is 0. The molecule has 0 amide bonds. The maximum Gasteiger partial charge on any atom is 0.120 e. The lowest BCUT2D eigenvalue weighted by Crippen LogP contribution is -2.14. The molecule has 3 aromatic carbocycles. The third-order valence-corrected chi connectivity index (χ3v) is 4.39. The van der Waals surface area contributed by atoms with Gasteiger partial charge in [-0.2, -0.15) is 0 Å². The molecule has 0 aliphatic rings. The lowest BCUT2D eigenvalue weighted by atomic mass is 10.1. The van der Waals surface area contributed by atoms with Gasteiger partial charge in [-0.25, -0.2) is 0 Å². The fourth-order valence-electron chi connectivity index (χ4n) is 2.82. The third-order valence-electron chi connectivity index (χ3n) is 4.39. The molecular formula is C23H24N2O. The van der Waals surface area contributed by atoms with Gasteiger partial charge in [0, 0.05) is 41.6 Å². The van der Waals surface area contributed by atoms with E-state index in [0.29, 0.717) is 0 Å². The van der Waals surface area contributed by atoms with Crippen molar-refractivity contribution in [1.82, 2.24) is 0 Å². The summed E-state index contributed by atoms with van der Waals surface area (Å²) in [4.78, 5) is 4.29. The van der Waals surface area contributed by atoms with Gasteiger partial charge in [-0.05, 0) is 55.5 Å². The molecule has 0 unspecified atom stereocenters. The van der Waals surface area contributed by atoms with E-state index in [9.17, 15) is 0 Å². The molecule has 0 atom stereocenters. The van der Waals surface area contributed by atoms with Gasteiger partial charge in [-0.3, -0.25) is 0 Å². The van der Waals surface area contributed by atoms with E-state index in [-0.39, 0.29) is 0 Å². The van der Waals surface area contributed by atoms with Crippen molar-refractivity contribution in [3.63, 3.8) is 0 Å². The van der Waals surface area contributed by atoms with Gasteiger partial charge >= 0.3 is 0 Å². The van der Waals surface area contributed by atoms with E-state index in [1.165, 1.54) is 0 Å². The van der Waals surface area contributed by atoms with Gasteiger partial charge in [0.1, 0.15) is 5.75 Å². The van der Waals surface area contributed by atoms with Crippen LogP contribution < -0.4 is 14.5 Å². The van der Waals surface area contributed by atoms with Crippen molar-refractivity contribution >= 4 is 22.7 Å². The average Bonchev–Trinajstić information content (AvgIpc) is 2.69. The Bertz CT molecular complexity index is 872. The highest BCUT2D eigenvalue weighted by molar-refractivity contribution is 5.78. The highest BCUT2D eigenvalue weighted by Crippen LogP contribution is 2.36. The van der Waals surface area contributed by atoms with Crippen LogP contribution in [0, 0.1) is 0 Å². The van der Waals surface area contributed by atoms with Gasteiger partial charge < -0.3 is 14.5 Å². The van der Waals surface area contributed by atoms with Crippen LogP contribution in [0.2, 0.25) is 0 Å². The molecule has 0 spiro atoms. The van der Waals surface area contributed by atoms with E-state index >= 15 is 0 Å². The van der Waals surface area contributed by atoms with E-state index < -0.39 is 0 Å². The zero-order valence-corrected chi connectivity index (χ0v) is 15.5. The lowest BCUT2D eigenvalue weighted by Gasteiger charge is -2.27. The topological polar surface area (TPSA) is 15.7 Å². The Morgan fingerprint density at radius 3 is 1.96 bits per heavy atom. The molecule has 3 aromatic rings. The van der Waals surface area contributed by atoms with Crippen LogP contribution in [0.3, 0.4) is 0 Å². The molecule has 26 heavy (non-hydrogen) atoms. The van der Waals surface area contributed by atoms with Crippen molar-refractivity contribution in [3.05, 3.63) is 91.1 Å². The summed E-state index contributed by atoms with van der Waals surface area (Å²) in [6.45, 7) is 6.01. The van der Waals surface area contributed by atoms with Crippen LogP contribution >= 0.6 is 0 Å². The van der Waals surface area contributed by atoms with Gasteiger partial charge in [0.2, 0.25) is 0 Å². The summed E-state index contributed by atoms with van der Waals surface area (Å²) in [5.41, 5.74) is 5.35. The molecule has 0 aliphatic carbocycles. The van der Waals surface area contributed by atoms with Crippen LogP contribution in [0.4, 0.5) is 22.7 Å². The Morgan fingerprint density at radius 1 is 0.769 bits per heavy atom. The van der Waals surface area contributed by atoms with Gasteiger partial charge in [0.05, 0.1) is 7.11 Å². The summed E-state index contributed by atoms with van der Waals surface area (Å²) >= 11 is 0. The van der Waals surface area contributed by atoms with E-state index in [4.69, 9.17) is 4.74 Å². The van der Waals surface area contributed by atoms with Crippen molar-refractivity contribution in [2.45, 2.75) is 6.92 Å². The Labute approximate surface area is 155 Å². The molecule has 3 heteroatoms. The number of benzene rings is 3. The number of methoxy groups -OCH3 is 1. The number of allylic oxidation sites excluding steroid dienone is 1. The van der Waals surface area contributed by atoms with Crippen molar-refractivity contribution in [3.8, 4) is 5.75 Å². The van der Waals surface area contributed by atoms with Crippen molar-refractivity contribution in [2.24, 2.45) is 0 Å². The van der Waals surface area contributed by atoms with Crippen molar-refractivity contribution in [2.75, 3.05) is 24.0 Å². The first-order valence-electron chi connectivity index (χ1n) is 8.58. The number of hydrogen-bond acceptors (Lipinski definition) is 3. The summed E-state index contributed by atoms with van der Waals surface area (Å²) in [6.07, 6.45) is 0. The molecule has 0 N–H and O–H groups in total. The molecular weight excluding hydrogens is 320 g/mol. The monoisotopic (exact) mass is 344 g/mol. The minimum Gasteiger partial charge on any atom is -0.497 e. The molecule has 0 heterocycles. The number of nitrogens with zero attached hydrogens (tertiary/aromatic N) is 2. The Hall–Kier alpha value is -3.20. The maximum absolute atomic E-state index is 5.41. The number of para-hydroxylation sites is 1. The van der Waals surface area contributed by atoms with E-state index in [2.05, 4.69) is 58.8 Å². The second kappa shape index (κ2) is 7.79. The quantitative estimate of drug-likeness (QED) is 0.534. The zero-order valence-electron chi connectivity index (χ0n) is 15.5. The second-order valence-corrected chi connectivity index (χ2v) is 6.18. The predicted molar refractivity (Wildman–Crippen MR) is 111 cm³/mol. The summed E-state index contributed by atoms with van der Waals surface area (Å²) in [6, 6.07) is 26.9. The second-order valence-electron chi connectivity index (χ2n) is 6.18. The predicted octanol–water partition coefficient (Wildman–Crippen LogP) is 6.13. The normalized spacial score (nSPS) is 10.3. The third kappa shape index (κ3) is 3.72. The van der Waals surface area contributed by atoms with Crippen molar-refractivity contribution in [1.29, 1.82) is 0 Å². The van der Waals surface area contributed by atoms with Gasteiger partial charge in [0.15, 0.2) is 0 Å². The first-order chi connectivity index (χ1) is 12.6. The summed E-state index contributed by atoms with van der Waals surface area (Å²) in [5.74, 6) is 0.835. The van der Waals surface area contributed by atoms with Crippen LogP contribution in [0.25, 0.3) is 0 Å². The Balaban J connectivity index is 2.05. The molecule has 0 aliphatic heterocycles. The summed E-state index contributed by atoms with van der Waals surface area (Å²) < 4.78 is 5.41. The van der Waals surface area contributed by atoms with E-state index in [1.807, 2.05) is 50.4 Å². The molecule has 132 valence electrons. The fourth-order valence-corrected chi connectivity index (χ4v) is 2.82. The maximum atomic E-state index is 5.41. The van der Waals surface area contributed by atoms with E-state index in [0.717, 1.165) is 34.2 Å². The SMILES string of the molecule is C=C(C)N(C)c1ccc(N(c2ccccc2)c2cccc(OC)c2)cc1. The van der Waals surface area contributed by atoms with Crippen LogP contribution in [0.5, 0.6) is 5.75 Å². The van der Waals surface area contributed by atoms with Crippen LogP contribution in [-0.4, -0.2) is 14.2 Å². The van der Waals surface area contributed by atoms with Gasteiger partial charge in [-0.1, -0.05) is 30.8 Å². The van der Waals surface area contributed by atoms with E-state index in [1.54, 1.807) is 7.11 Å². The number of hydrogen-bond donors (Lipinski definition) is 0. The smallest absolute Gasteiger partial charge is 0.120 e. The highest BCUT2D eigenvalue weighted by atomic mass is 16.5. The standard InChI is InChI=1S/C23H24N2O/c1-18(2)24(3)19-13-15-21(16-14-19)25(20-9-6-5-7-10-20)22-11-8-12-23(17-22)26-4/h5-17H,1H2,2-4H3. The average molecular weight is 344 g/mol. The lowest BCUT2D eigenvalue weighted by molar-refractivity contribution is 0.415. The van der Waals surface area contributed by atoms with Crippen LogP contribution in [0.15, 0.2) is 91.1 Å². The molecule has 0 saturated carbocycles. The molecule has 0 fully saturated rings. The molecule has 0 radical (unpaired) electrons. The summed E-state index contributed by atoms with van der Waals surface area (Å²) in [7, 11) is 3.71. The first kappa shape index (κ1) is 17.6. The molecule has 3 nitrogen and oxygen atoms in total. The van der Waals surface area contributed by atoms with Crippen LogP contribution in [-0.2, 0) is 0 Å². The molecule has 0 aromatic heterocycles.